The largest absolute Gasteiger partial charge is 0.336 e. The number of nitrogens with one attached hydrogen (secondary N) is 1. The predicted octanol–water partition coefficient (Wildman–Crippen LogP) is 4.35. The summed E-state index contributed by atoms with van der Waals surface area (Å²) in [6.45, 7) is 12.4. The molecule has 0 fully saturated rings. The molecule has 1 N–H and O–H groups in total. The zero-order valence-corrected chi connectivity index (χ0v) is 14.5. The summed E-state index contributed by atoms with van der Waals surface area (Å²) in [7, 11) is 0. The Labute approximate surface area is 132 Å². The van der Waals surface area contributed by atoms with E-state index < -0.39 is 0 Å². The summed E-state index contributed by atoms with van der Waals surface area (Å²) in [4.78, 5) is 5.58. The Morgan fingerprint density at radius 2 is 2.10 bits per heavy atom. The van der Waals surface area contributed by atoms with Crippen LogP contribution in [0.1, 0.15) is 45.5 Å². The van der Waals surface area contributed by atoms with Crippen LogP contribution in [0.4, 0.5) is 0 Å². The molecule has 0 aliphatic heterocycles. The van der Waals surface area contributed by atoms with Crippen LogP contribution in [-0.4, -0.2) is 15.6 Å². The quantitative estimate of drug-likeness (QED) is 0.860. The van der Waals surface area contributed by atoms with Gasteiger partial charge < -0.3 is 9.88 Å². The van der Waals surface area contributed by atoms with E-state index in [0.717, 1.165) is 6.54 Å². The van der Waals surface area contributed by atoms with Gasteiger partial charge in [0.25, 0.3) is 0 Å². The smallest absolute Gasteiger partial charge is 0.0946 e. The van der Waals surface area contributed by atoms with Gasteiger partial charge in [0.2, 0.25) is 0 Å². The van der Waals surface area contributed by atoms with E-state index in [9.17, 15) is 0 Å². The van der Waals surface area contributed by atoms with E-state index >= 15 is 0 Å². The first-order chi connectivity index (χ1) is 9.88. The maximum atomic E-state index is 4.16. The summed E-state index contributed by atoms with van der Waals surface area (Å²) in [5.41, 5.74) is 0.189. The van der Waals surface area contributed by atoms with Gasteiger partial charge in [-0.1, -0.05) is 40.7 Å². The lowest BCUT2D eigenvalue weighted by molar-refractivity contribution is 0.206. The number of hydrogen-bond donors (Lipinski definition) is 1. The van der Waals surface area contributed by atoms with Crippen LogP contribution in [0.15, 0.2) is 36.2 Å². The van der Waals surface area contributed by atoms with Crippen molar-refractivity contribution < 1.29 is 0 Å². The van der Waals surface area contributed by atoms with Crippen molar-refractivity contribution in [1.29, 1.82) is 0 Å². The Morgan fingerprint density at radius 1 is 1.33 bits per heavy atom. The first-order valence-corrected chi connectivity index (χ1v) is 8.51. The third-order valence-corrected chi connectivity index (χ3v) is 4.85. The van der Waals surface area contributed by atoms with E-state index in [1.165, 1.54) is 4.88 Å². The highest BCUT2D eigenvalue weighted by Gasteiger charge is 2.29. The van der Waals surface area contributed by atoms with Crippen LogP contribution in [0.3, 0.4) is 0 Å². The summed E-state index contributed by atoms with van der Waals surface area (Å²) in [5.74, 6) is 0.566. The van der Waals surface area contributed by atoms with E-state index in [2.05, 4.69) is 67.0 Å². The lowest BCUT2D eigenvalue weighted by Crippen LogP contribution is -2.46. The SMILES string of the molecule is CC(C)C(NC(Cn1ccnc1)C(C)(C)C)c1cccs1. The van der Waals surface area contributed by atoms with Gasteiger partial charge in [0.1, 0.15) is 0 Å². The molecule has 0 amide bonds. The lowest BCUT2D eigenvalue weighted by Gasteiger charge is -2.36. The summed E-state index contributed by atoms with van der Waals surface area (Å²) in [6.07, 6.45) is 5.78. The van der Waals surface area contributed by atoms with Crippen molar-refractivity contribution >= 4 is 11.3 Å². The molecule has 2 atom stereocenters. The van der Waals surface area contributed by atoms with Gasteiger partial charge in [-0.15, -0.1) is 11.3 Å². The van der Waals surface area contributed by atoms with E-state index in [0.29, 0.717) is 18.0 Å². The molecule has 0 bridgehead atoms. The molecule has 3 nitrogen and oxygen atoms in total. The average Bonchev–Trinajstić information content (AvgIpc) is 3.05. The second-order valence-corrected chi connectivity index (χ2v) is 8.06. The van der Waals surface area contributed by atoms with Crippen LogP contribution in [0.5, 0.6) is 0 Å². The maximum Gasteiger partial charge on any atom is 0.0946 e. The molecule has 0 radical (unpaired) electrons. The number of nitrogens with zero attached hydrogens (tertiary/aromatic N) is 2. The van der Waals surface area contributed by atoms with Crippen molar-refractivity contribution in [2.75, 3.05) is 0 Å². The predicted molar refractivity (Wildman–Crippen MR) is 90.5 cm³/mol. The lowest BCUT2D eigenvalue weighted by atomic mass is 9.85. The normalized spacial score (nSPS) is 15.3. The van der Waals surface area contributed by atoms with Gasteiger partial charge in [0, 0.05) is 35.9 Å². The van der Waals surface area contributed by atoms with Crippen LogP contribution in [-0.2, 0) is 6.54 Å². The molecule has 21 heavy (non-hydrogen) atoms. The van der Waals surface area contributed by atoms with Gasteiger partial charge in [-0.2, -0.15) is 0 Å². The summed E-state index contributed by atoms with van der Waals surface area (Å²) in [6, 6.07) is 5.16. The minimum Gasteiger partial charge on any atom is -0.336 e. The summed E-state index contributed by atoms with van der Waals surface area (Å²) < 4.78 is 2.16. The maximum absolute atomic E-state index is 4.16. The molecule has 0 saturated heterocycles. The van der Waals surface area contributed by atoms with Gasteiger partial charge in [-0.05, 0) is 22.8 Å². The number of hydrogen-bond acceptors (Lipinski definition) is 3. The highest BCUT2D eigenvalue weighted by atomic mass is 32.1. The Bertz CT molecular complexity index is 509. The fourth-order valence-electron chi connectivity index (χ4n) is 2.47. The van der Waals surface area contributed by atoms with Crippen molar-refractivity contribution in [2.24, 2.45) is 11.3 Å². The Balaban J connectivity index is 2.16. The van der Waals surface area contributed by atoms with Crippen LogP contribution in [0, 0.1) is 11.3 Å². The third kappa shape index (κ3) is 4.42. The van der Waals surface area contributed by atoms with Gasteiger partial charge in [0.15, 0.2) is 0 Å². The molecule has 0 aromatic carbocycles. The zero-order valence-electron chi connectivity index (χ0n) is 13.7. The standard InChI is InChI=1S/C17H27N3S/c1-13(2)16(14-7-6-10-21-14)19-15(17(3,4)5)11-20-9-8-18-12-20/h6-10,12-13,15-16,19H,11H2,1-5H3. The Hall–Kier alpha value is -1.13. The monoisotopic (exact) mass is 305 g/mol. The van der Waals surface area contributed by atoms with E-state index in [-0.39, 0.29) is 5.41 Å². The van der Waals surface area contributed by atoms with E-state index in [1.807, 2.05) is 30.1 Å². The van der Waals surface area contributed by atoms with Crippen molar-refractivity contribution in [3.63, 3.8) is 0 Å². The molecular formula is C17H27N3S. The molecule has 0 aliphatic rings. The molecule has 116 valence electrons. The topological polar surface area (TPSA) is 29.9 Å². The minimum absolute atomic E-state index is 0.189. The van der Waals surface area contributed by atoms with Crippen LogP contribution < -0.4 is 5.32 Å². The average molecular weight is 305 g/mol. The van der Waals surface area contributed by atoms with Crippen molar-refractivity contribution in [3.8, 4) is 0 Å². The first-order valence-electron chi connectivity index (χ1n) is 7.63. The second kappa shape index (κ2) is 6.75. The second-order valence-electron chi connectivity index (χ2n) is 7.08. The molecular weight excluding hydrogens is 278 g/mol. The first kappa shape index (κ1) is 16.2. The molecule has 2 heterocycles. The van der Waals surface area contributed by atoms with Crippen molar-refractivity contribution in [1.82, 2.24) is 14.9 Å². The van der Waals surface area contributed by atoms with Crippen LogP contribution >= 0.6 is 11.3 Å². The molecule has 2 aromatic rings. The molecule has 0 spiro atoms. The highest BCUT2D eigenvalue weighted by Crippen LogP contribution is 2.30. The fraction of sp³-hybridized carbons (Fsp3) is 0.588. The number of rotatable bonds is 6. The Kier molecular flexibility index (Phi) is 5.22. The van der Waals surface area contributed by atoms with Gasteiger partial charge in [-0.3, -0.25) is 0 Å². The van der Waals surface area contributed by atoms with Gasteiger partial charge in [0.05, 0.1) is 6.33 Å². The number of thiophene rings is 1. The van der Waals surface area contributed by atoms with Crippen molar-refractivity contribution in [3.05, 3.63) is 41.1 Å². The highest BCUT2D eigenvalue weighted by molar-refractivity contribution is 7.10. The Morgan fingerprint density at radius 3 is 2.57 bits per heavy atom. The van der Waals surface area contributed by atoms with E-state index in [1.54, 1.807) is 0 Å². The molecule has 2 aromatic heterocycles. The van der Waals surface area contributed by atoms with Gasteiger partial charge in [-0.25, -0.2) is 4.98 Å². The zero-order chi connectivity index (χ0) is 15.5. The number of imidazole rings is 1. The van der Waals surface area contributed by atoms with Gasteiger partial charge >= 0.3 is 0 Å². The summed E-state index contributed by atoms with van der Waals surface area (Å²) >= 11 is 1.84. The third-order valence-electron chi connectivity index (χ3n) is 3.90. The molecule has 0 saturated carbocycles. The molecule has 2 unspecified atom stereocenters. The number of aromatic nitrogens is 2. The van der Waals surface area contributed by atoms with Crippen molar-refractivity contribution in [2.45, 2.75) is 53.2 Å². The molecule has 4 heteroatoms. The van der Waals surface area contributed by atoms with E-state index in [4.69, 9.17) is 0 Å². The van der Waals surface area contributed by atoms with Crippen LogP contribution in [0.2, 0.25) is 0 Å². The fourth-order valence-corrected chi connectivity index (χ4v) is 3.43. The summed E-state index contributed by atoms with van der Waals surface area (Å²) in [5, 5.41) is 6.06. The minimum atomic E-state index is 0.189. The van der Waals surface area contributed by atoms with Crippen LogP contribution in [0.25, 0.3) is 0 Å². The molecule has 0 aliphatic carbocycles. The molecule has 2 rings (SSSR count).